The molecule has 0 aliphatic heterocycles. The maximum atomic E-state index is 8.79. The van der Waals surface area contributed by atoms with Gasteiger partial charge in [-0.1, -0.05) is 0 Å². The van der Waals surface area contributed by atoms with Gasteiger partial charge in [-0.05, 0) is 12.1 Å². The average Bonchev–Trinajstić information content (AvgIpc) is 2.63. The van der Waals surface area contributed by atoms with Crippen LogP contribution < -0.4 is 4.74 Å². The van der Waals surface area contributed by atoms with Crippen LogP contribution in [0.4, 0.5) is 0 Å². The number of aromatic nitrogens is 2. The molecule has 0 amide bonds. The van der Waals surface area contributed by atoms with E-state index in [4.69, 9.17) is 10.00 Å². The SMILES string of the molecule is COc1c(C#N)ccn2nccc12. The van der Waals surface area contributed by atoms with Crippen LogP contribution in [-0.2, 0) is 0 Å². The number of nitrogens with zero attached hydrogens (tertiary/aromatic N) is 3. The molecule has 4 heteroatoms. The summed E-state index contributed by atoms with van der Waals surface area (Å²) >= 11 is 0. The van der Waals surface area contributed by atoms with Crippen molar-refractivity contribution in [1.29, 1.82) is 5.26 Å². The van der Waals surface area contributed by atoms with Gasteiger partial charge in [0.1, 0.15) is 11.6 Å². The van der Waals surface area contributed by atoms with E-state index in [1.807, 2.05) is 0 Å². The maximum Gasteiger partial charge on any atom is 0.162 e. The first kappa shape index (κ1) is 7.62. The summed E-state index contributed by atoms with van der Waals surface area (Å²) in [4.78, 5) is 0. The van der Waals surface area contributed by atoms with Crippen LogP contribution in [0.25, 0.3) is 5.52 Å². The fourth-order valence-electron chi connectivity index (χ4n) is 1.27. The molecule has 0 radical (unpaired) electrons. The van der Waals surface area contributed by atoms with E-state index in [0.29, 0.717) is 11.3 Å². The molecule has 0 aliphatic rings. The third-order valence-corrected chi connectivity index (χ3v) is 1.85. The van der Waals surface area contributed by atoms with E-state index >= 15 is 0 Å². The molecule has 0 fully saturated rings. The number of pyridine rings is 1. The second-order valence-electron chi connectivity index (χ2n) is 2.54. The van der Waals surface area contributed by atoms with Gasteiger partial charge < -0.3 is 4.74 Å². The molecule has 0 atom stereocenters. The van der Waals surface area contributed by atoms with Crippen LogP contribution in [0.15, 0.2) is 24.5 Å². The standard InChI is InChI=1S/C9H7N3O/c1-13-9-7(6-10)3-5-12-8(9)2-4-11-12/h2-5H,1H3. The summed E-state index contributed by atoms with van der Waals surface area (Å²) in [5.74, 6) is 0.572. The van der Waals surface area contributed by atoms with Gasteiger partial charge in [0.05, 0.1) is 18.9 Å². The zero-order valence-corrected chi connectivity index (χ0v) is 7.06. The largest absolute Gasteiger partial charge is 0.493 e. The Labute approximate surface area is 75.0 Å². The minimum absolute atomic E-state index is 0.524. The molecule has 0 bridgehead atoms. The lowest BCUT2D eigenvalue weighted by Crippen LogP contribution is -1.93. The van der Waals surface area contributed by atoms with Crippen molar-refractivity contribution in [1.82, 2.24) is 9.61 Å². The van der Waals surface area contributed by atoms with Crippen molar-refractivity contribution in [2.45, 2.75) is 0 Å². The molecule has 0 aromatic carbocycles. The zero-order valence-electron chi connectivity index (χ0n) is 7.06. The highest BCUT2D eigenvalue weighted by molar-refractivity contribution is 5.65. The van der Waals surface area contributed by atoms with Gasteiger partial charge in [-0.25, -0.2) is 4.52 Å². The normalized spacial score (nSPS) is 9.85. The molecule has 4 nitrogen and oxygen atoms in total. The Kier molecular flexibility index (Phi) is 1.64. The summed E-state index contributed by atoms with van der Waals surface area (Å²) in [6.45, 7) is 0. The first-order valence-electron chi connectivity index (χ1n) is 3.77. The summed E-state index contributed by atoms with van der Waals surface area (Å²) in [6, 6.07) is 5.55. The van der Waals surface area contributed by atoms with E-state index in [9.17, 15) is 0 Å². The van der Waals surface area contributed by atoms with Crippen molar-refractivity contribution >= 4 is 5.52 Å². The van der Waals surface area contributed by atoms with Crippen LogP contribution in [-0.4, -0.2) is 16.7 Å². The minimum Gasteiger partial charge on any atom is -0.493 e. The number of ether oxygens (including phenoxy) is 1. The topological polar surface area (TPSA) is 50.3 Å². The number of rotatable bonds is 1. The number of nitriles is 1. The van der Waals surface area contributed by atoms with Gasteiger partial charge >= 0.3 is 0 Å². The molecule has 2 aromatic heterocycles. The van der Waals surface area contributed by atoms with Crippen LogP contribution in [0.3, 0.4) is 0 Å². The van der Waals surface area contributed by atoms with E-state index in [0.717, 1.165) is 5.52 Å². The van der Waals surface area contributed by atoms with Crippen LogP contribution in [0.5, 0.6) is 5.75 Å². The molecule has 0 N–H and O–H groups in total. The Morgan fingerprint density at radius 1 is 1.54 bits per heavy atom. The van der Waals surface area contributed by atoms with E-state index in [1.165, 1.54) is 0 Å². The van der Waals surface area contributed by atoms with Crippen LogP contribution >= 0.6 is 0 Å². The lowest BCUT2D eigenvalue weighted by Gasteiger charge is -2.03. The molecule has 2 aromatic rings. The Morgan fingerprint density at radius 3 is 3.08 bits per heavy atom. The quantitative estimate of drug-likeness (QED) is 0.651. The summed E-state index contributed by atoms with van der Waals surface area (Å²) < 4.78 is 6.79. The molecule has 0 saturated carbocycles. The Bertz CT molecular complexity index is 481. The van der Waals surface area contributed by atoms with E-state index in [1.54, 1.807) is 36.2 Å². The van der Waals surface area contributed by atoms with E-state index in [2.05, 4.69) is 11.2 Å². The number of fused-ring (bicyclic) bond motifs is 1. The average molecular weight is 173 g/mol. The second-order valence-corrected chi connectivity index (χ2v) is 2.54. The minimum atomic E-state index is 0.524. The molecule has 13 heavy (non-hydrogen) atoms. The molecule has 64 valence electrons. The molecule has 0 spiro atoms. The second kappa shape index (κ2) is 2.79. The summed E-state index contributed by atoms with van der Waals surface area (Å²) in [5.41, 5.74) is 1.33. The smallest absolute Gasteiger partial charge is 0.162 e. The molecule has 2 heterocycles. The highest BCUT2D eigenvalue weighted by atomic mass is 16.5. The first-order valence-corrected chi connectivity index (χ1v) is 3.77. The highest BCUT2D eigenvalue weighted by Crippen LogP contribution is 2.23. The highest BCUT2D eigenvalue weighted by Gasteiger charge is 2.07. The monoisotopic (exact) mass is 173 g/mol. The summed E-state index contributed by atoms with van der Waals surface area (Å²) in [5, 5.41) is 12.8. The fraction of sp³-hybridized carbons (Fsp3) is 0.111. The van der Waals surface area contributed by atoms with Crippen molar-refractivity contribution in [3.8, 4) is 11.8 Å². The van der Waals surface area contributed by atoms with E-state index in [-0.39, 0.29) is 0 Å². The van der Waals surface area contributed by atoms with Gasteiger partial charge in [-0.3, -0.25) is 0 Å². The van der Waals surface area contributed by atoms with Crippen molar-refractivity contribution in [2.75, 3.05) is 7.11 Å². The number of hydrogen-bond acceptors (Lipinski definition) is 3. The molecular formula is C9H7N3O. The fourth-order valence-corrected chi connectivity index (χ4v) is 1.27. The summed E-state index contributed by atoms with van der Waals surface area (Å²) in [6.07, 6.45) is 3.40. The van der Waals surface area contributed by atoms with Crippen LogP contribution in [0, 0.1) is 11.3 Å². The van der Waals surface area contributed by atoms with Gasteiger partial charge in [0.15, 0.2) is 5.75 Å². The third kappa shape index (κ3) is 1.02. The Hall–Kier alpha value is -2.02. The van der Waals surface area contributed by atoms with Crippen LogP contribution in [0.2, 0.25) is 0 Å². The zero-order chi connectivity index (χ0) is 9.26. The van der Waals surface area contributed by atoms with E-state index < -0.39 is 0 Å². The van der Waals surface area contributed by atoms with Gasteiger partial charge in [-0.15, -0.1) is 0 Å². The molecule has 0 unspecified atom stereocenters. The maximum absolute atomic E-state index is 8.79. The first-order chi connectivity index (χ1) is 6.36. The lowest BCUT2D eigenvalue weighted by atomic mass is 10.2. The molecule has 0 saturated heterocycles. The van der Waals surface area contributed by atoms with Crippen molar-refractivity contribution in [3.63, 3.8) is 0 Å². The third-order valence-electron chi connectivity index (χ3n) is 1.85. The summed E-state index contributed by atoms with van der Waals surface area (Å²) in [7, 11) is 1.54. The Balaban J connectivity index is 2.84. The van der Waals surface area contributed by atoms with Crippen molar-refractivity contribution in [3.05, 3.63) is 30.1 Å². The predicted octanol–water partition coefficient (Wildman–Crippen LogP) is 1.21. The molecular weight excluding hydrogens is 166 g/mol. The number of hydrogen-bond donors (Lipinski definition) is 0. The Morgan fingerprint density at radius 2 is 2.38 bits per heavy atom. The van der Waals surface area contributed by atoms with Crippen molar-refractivity contribution < 1.29 is 4.74 Å². The van der Waals surface area contributed by atoms with Gasteiger partial charge in [-0.2, -0.15) is 10.4 Å². The molecule has 0 aliphatic carbocycles. The van der Waals surface area contributed by atoms with Gasteiger partial charge in [0.25, 0.3) is 0 Å². The van der Waals surface area contributed by atoms with Gasteiger partial charge in [0, 0.05) is 6.20 Å². The van der Waals surface area contributed by atoms with Gasteiger partial charge in [0.2, 0.25) is 0 Å². The van der Waals surface area contributed by atoms with Crippen molar-refractivity contribution in [2.24, 2.45) is 0 Å². The predicted molar refractivity (Wildman–Crippen MR) is 46.5 cm³/mol. The lowest BCUT2D eigenvalue weighted by molar-refractivity contribution is 0.416. The molecule has 2 rings (SSSR count). The van der Waals surface area contributed by atoms with Crippen LogP contribution in [0.1, 0.15) is 5.56 Å². The number of methoxy groups -OCH3 is 1.